The normalized spacial score (nSPS) is 12.5. The molecular formula is C30H33N5O3. The van der Waals surface area contributed by atoms with E-state index in [4.69, 9.17) is 5.73 Å². The largest absolute Gasteiger partial charge is 0.383 e. The molecule has 0 aliphatic heterocycles. The van der Waals surface area contributed by atoms with Crippen LogP contribution < -0.4 is 21.3 Å². The van der Waals surface area contributed by atoms with Gasteiger partial charge < -0.3 is 26.4 Å². The lowest BCUT2D eigenvalue weighted by Crippen LogP contribution is -2.42. The number of nitrogens with two attached hydrogens (primary N) is 1. The zero-order valence-electron chi connectivity index (χ0n) is 21.8. The predicted molar refractivity (Wildman–Crippen MR) is 152 cm³/mol. The summed E-state index contributed by atoms with van der Waals surface area (Å²) in [6, 6.07) is 20.7. The second kappa shape index (κ2) is 11.7. The zero-order chi connectivity index (χ0) is 27.2. The minimum absolute atomic E-state index is 0.386. The highest BCUT2D eigenvalue weighted by Crippen LogP contribution is 2.25. The molecule has 1 heterocycles. The van der Waals surface area contributed by atoms with Crippen LogP contribution in [-0.2, 0) is 4.79 Å². The number of hydrogen-bond donors (Lipinski definition) is 4. The van der Waals surface area contributed by atoms with Crippen molar-refractivity contribution < 1.29 is 14.7 Å². The molecule has 0 fully saturated rings. The molecule has 4 rings (SSSR count). The van der Waals surface area contributed by atoms with Crippen LogP contribution in [0.4, 0.5) is 17.2 Å². The second-order valence-corrected chi connectivity index (χ2v) is 9.15. The van der Waals surface area contributed by atoms with E-state index in [2.05, 4.69) is 34.4 Å². The maximum Gasteiger partial charge on any atom is 0.255 e. The Labute approximate surface area is 222 Å². The van der Waals surface area contributed by atoms with Gasteiger partial charge in [-0.05, 0) is 80.3 Å². The molecule has 2 unspecified atom stereocenters. The molecule has 0 aliphatic carbocycles. The third-order valence-corrected chi connectivity index (χ3v) is 6.59. The average Bonchev–Trinajstić information content (AvgIpc) is 2.92. The highest BCUT2D eigenvalue weighted by atomic mass is 16.3. The van der Waals surface area contributed by atoms with Gasteiger partial charge in [0, 0.05) is 41.6 Å². The van der Waals surface area contributed by atoms with Crippen LogP contribution in [-0.4, -0.2) is 41.1 Å². The number of nitrogens with zero attached hydrogens (tertiary/aromatic N) is 2. The van der Waals surface area contributed by atoms with Gasteiger partial charge in [0.15, 0.2) is 6.10 Å². The van der Waals surface area contributed by atoms with Gasteiger partial charge >= 0.3 is 0 Å². The van der Waals surface area contributed by atoms with Gasteiger partial charge in [0.05, 0.1) is 6.04 Å². The fourth-order valence-corrected chi connectivity index (χ4v) is 4.49. The van der Waals surface area contributed by atoms with Crippen molar-refractivity contribution in [2.24, 2.45) is 0 Å². The molecule has 0 aliphatic rings. The second-order valence-electron chi connectivity index (χ2n) is 9.15. The molecule has 0 saturated carbocycles. The summed E-state index contributed by atoms with van der Waals surface area (Å²) in [5.74, 6) is -0.633. The van der Waals surface area contributed by atoms with Gasteiger partial charge in [-0.1, -0.05) is 29.8 Å². The third kappa shape index (κ3) is 5.92. The van der Waals surface area contributed by atoms with E-state index in [1.54, 1.807) is 48.7 Å². The molecule has 0 spiro atoms. The summed E-state index contributed by atoms with van der Waals surface area (Å²) >= 11 is 0. The van der Waals surface area contributed by atoms with Crippen LogP contribution in [0.1, 0.15) is 41.4 Å². The first kappa shape index (κ1) is 26.6. The van der Waals surface area contributed by atoms with E-state index in [1.165, 1.54) is 0 Å². The summed E-state index contributed by atoms with van der Waals surface area (Å²) in [5.41, 5.74) is 9.44. The van der Waals surface area contributed by atoms with Gasteiger partial charge in [-0.25, -0.2) is 4.98 Å². The summed E-state index contributed by atoms with van der Waals surface area (Å²) in [7, 11) is 0. The van der Waals surface area contributed by atoms with E-state index in [0.717, 1.165) is 35.1 Å². The SMILES string of the molecule is CCN(CC)c1ccc(C(=O)NC(c2cccc(C)c2)C(O)C(=O)Nc2ccc3c(N)nccc3c2)cc1. The number of aliphatic hydroxyl groups is 1. The van der Waals surface area contributed by atoms with E-state index in [-0.39, 0.29) is 5.91 Å². The first-order chi connectivity index (χ1) is 18.3. The number of nitrogen functional groups attached to an aromatic ring is 1. The van der Waals surface area contributed by atoms with Crippen LogP contribution in [0.5, 0.6) is 0 Å². The molecule has 1 aromatic heterocycles. The molecule has 2 atom stereocenters. The number of pyridine rings is 1. The Bertz CT molecular complexity index is 1430. The molecule has 196 valence electrons. The number of aromatic nitrogens is 1. The van der Waals surface area contributed by atoms with Crippen molar-refractivity contribution in [2.45, 2.75) is 32.9 Å². The highest BCUT2D eigenvalue weighted by Gasteiger charge is 2.30. The first-order valence-electron chi connectivity index (χ1n) is 12.7. The number of carbonyl (C=O) groups excluding carboxylic acids is 2. The summed E-state index contributed by atoms with van der Waals surface area (Å²) < 4.78 is 0. The van der Waals surface area contributed by atoms with Crippen LogP contribution in [0.2, 0.25) is 0 Å². The Morgan fingerprint density at radius 2 is 1.74 bits per heavy atom. The summed E-state index contributed by atoms with van der Waals surface area (Å²) in [6.07, 6.45) is 0.0459. The number of benzene rings is 3. The van der Waals surface area contributed by atoms with E-state index < -0.39 is 18.1 Å². The van der Waals surface area contributed by atoms with Crippen molar-refractivity contribution in [2.75, 3.05) is 29.0 Å². The minimum Gasteiger partial charge on any atom is -0.383 e. The van der Waals surface area contributed by atoms with E-state index >= 15 is 0 Å². The third-order valence-electron chi connectivity index (χ3n) is 6.59. The maximum absolute atomic E-state index is 13.2. The van der Waals surface area contributed by atoms with Crippen molar-refractivity contribution in [1.29, 1.82) is 0 Å². The van der Waals surface area contributed by atoms with Crippen LogP contribution in [0.15, 0.2) is 79.0 Å². The number of rotatable bonds is 9. The van der Waals surface area contributed by atoms with Crippen LogP contribution in [0.25, 0.3) is 10.8 Å². The number of amides is 2. The topological polar surface area (TPSA) is 121 Å². The molecule has 8 nitrogen and oxygen atoms in total. The fourth-order valence-electron chi connectivity index (χ4n) is 4.49. The van der Waals surface area contributed by atoms with Crippen molar-refractivity contribution in [3.63, 3.8) is 0 Å². The molecule has 38 heavy (non-hydrogen) atoms. The number of aryl methyl sites for hydroxylation is 1. The molecule has 3 aromatic carbocycles. The first-order valence-corrected chi connectivity index (χ1v) is 12.7. The van der Waals surface area contributed by atoms with Crippen molar-refractivity contribution in [3.05, 3.63) is 95.7 Å². The van der Waals surface area contributed by atoms with Gasteiger partial charge in [0.25, 0.3) is 11.8 Å². The monoisotopic (exact) mass is 511 g/mol. The Balaban J connectivity index is 1.56. The zero-order valence-corrected chi connectivity index (χ0v) is 21.8. The predicted octanol–water partition coefficient (Wildman–Crippen LogP) is 4.44. The summed E-state index contributed by atoms with van der Waals surface area (Å²) in [4.78, 5) is 32.6. The Morgan fingerprint density at radius 3 is 2.42 bits per heavy atom. The number of anilines is 3. The van der Waals surface area contributed by atoms with Gasteiger partial charge in [-0.3, -0.25) is 9.59 Å². The Kier molecular flexibility index (Phi) is 8.23. The minimum atomic E-state index is -1.55. The molecule has 8 heteroatoms. The van der Waals surface area contributed by atoms with Crippen molar-refractivity contribution in [1.82, 2.24) is 10.3 Å². The quantitative estimate of drug-likeness (QED) is 0.264. The van der Waals surface area contributed by atoms with Crippen molar-refractivity contribution in [3.8, 4) is 0 Å². The molecule has 0 radical (unpaired) electrons. The number of hydrogen-bond acceptors (Lipinski definition) is 6. The lowest BCUT2D eigenvalue weighted by Gasteiger charge is -2.25. The molecule has 0 bridgehead atoms. The van der Waals surface area contributed by atoms with E-state index in [0.29, 0.717) is 22.6 Å². The molecular weight excluding hydrogens is 478 g/mol. The van der Waals surface area contributed by atoms with E-state index in [9.17, 15) is 14.7 Å². The number of fused-ring (bicyclic) bond motifs is 1. The highest BCUT2D eigenvalue weighted by molar-refractivity contribution is 6.00. The lowest BCUT2D eigenvalue weighted by molar-refractivity contribution is -0.125. The molecule has 0 saturated heterocycles. The lowest BCUT2D eigenvalue weighted by atomic mass is 9.98. The van der Waals surface area contributed by atoms with Crippen LogP contribution in [0, 0.1) is 6.92 Å². The maximum atomic E-state index is 13.2. The fraction of sp³-hybridized carbons (Fsp3) is 0.233. The molecule has 4 aromatic rings. The van der Waals surface area contributed by atoms with Gasteiger partial charge in [0.2, 0.25) is 0 Å². The van der Waals surface area contributed by atoms with Crippen molar-refractivity contribution >= 4 is 39.8 Å². The van der Waals surface area contributed by atoms with Crippen LogP contribution in [0.3, 0.4) is 0 Å². The van der Waals surface area contributed by atoms with Gasteiger partial charge in [-0.2, -0.15) is 0 Å². The smallest absolute Gasteiger partial charge is 0.255 e. The number of aliphatic hydroxyl groups excluding tert-OH is 1. The number of carbonyl (C=O) groups is 2. The van der Waals surface area contributed by atoms with Gasteiger partial charge in [-0.15, -0.1) is 0 Å². The summed E-state index contributed by atoms with van der Waals surface area (Å²) in [5, 5.41) is 18.4. The van der Waals surface area contributed by atoms with E-state index in [1.807, 2.05) is 37.3 Å². The number of nitrogens with one attached hydrogen (secondary N) is 2. The molecule has 2 amide bonds. The average molecular weight is 512 g/mol. The van der Waals surface area contributed by atoms with Gasteiger partial charge in [0.1, 0.15) is 5.82 Å². The Hall–Kier alpha value is -4.43. The van der Waals surface area contributed by atoms with Crippen LogP contribution >= 0.6 is 0 Å². The Morgan fingerprint density at radius 1 is 1.00 bits per heavy atom. The summed E-state index contributed by atoms with van der Waals surface area (Å²) in [6.45, 7) is 7.79. The standard InChI is InChI=1S/C30H33N5O3/c1-4-35(5-2)24-12-9-20(10-13-24)29(37)34-26(22-8-6-7-19(3)17-22)27(36)30(38)33-23-11-14-25-21(18-23)15-16-32-28(25)31/h6-18,26-27,36H,4-5H2,1-3H3,(H2,31,32)(H,33,38)(H,34,37). The molecule has 5 N–H and O–H groups in total.